The van der Waals surface area contributed by atoms with Crippen molar-refractivity contribution in [2.75, 3.05) is 32.1 Å². The Morgan fingerprint density at radius 1 is 1.19 bits per heavy atom. The van der Waals surface area contributed by atoms with Gasteiger partial charge in [0, 0.05) is 57.7 Å². The Balaban J connectivity index is 1.60. The van der Waals surface area contributed by atoms with Gasteiger partial charge < -0.3 is 24.4 Å². The zero-order chi connectivity index (χ0) is 22.6. The van der Waals surface area contributed by atoms with E-state index in [4.69, 9.17) is 4.74 Å². The molecular weight excluding hydrogens is 394 g/mol. The van der Waals surface area contributed by atoms with E-state index in [9.17, 15) is 9.59 Å². The molecule has 1 fully saturated rings. The third-order valence-electron chi connectivity index (χ3n) is 5.25. The SMILES string of the molecule is CN(C)c1ncccc1CNC(=O)c1cccn1C1CCN(C(=O)OC(C)(C)C)CC1. The molecule has 8 heteroatoms. The zero-order valence-electron chi connectivity index (χ0n) is 19.1. The molecule has 1 aliphatic heterocycles. The maximum absolute atomic E-state index is 12.9. The summed E-state index contributed by atoms with van der Waals surface area (Å²) >= 11 is 0. The summed E-state index contributed by atoms with van der Waals surface area (Å²) in [5, 5.41) is 3.02. The monoisotopic (exact) mass is 427 g/mol. The Kier molecular flexibility index (Phi) is 6.87. The van der Waals surface area contributed by atoms with Crippen LogP contribution >= 0.6 is 0 Å². The fraction of sp³-hybridized carbons (Fsp3) is 0.522. The molecule has 168 valence electrons. The van der Waals surface area contributed by atoms with Crippen molar-refractivity contribution < 1.29 is 14.3 Å². The molecular formula is C23H33N5O3. The van der Waals surface area contributed by atoms with E-state index < -0.39 is 5.60 Å². The molecule has 3 rings (SSSR count). The first kappa shape index (κ1) is 22.7. The third-order valence-corrected chi connectivity index (χ3v) is 5.25. The van der Waals surface area contributed by atoms with Crippen LogP contribution in [0.2, 0.25) is 0 Å². The van der Waals surface area contributed by atoms with Gasteiger partial charge in [-0.2, -0.15) is 0 Å². The number of piperidine rings is 1. The summed E-state index contributed by atoms with van der Waals surface area (Å²) in [5.74, 6) is 0.723. The minimum Gasteiger partial charge on any atom is -0.444 e. The number of anilines is 1. The molecule has 1 saturated heterocycles. The summed E-state index contributed by atoms with van der Waals surface area (Å²) in [5.41, 5.74) is 1.09. The fourth-order valence-electron chi connectivity index (χ4n) is 3.79. The molecule has 0 aliphatic carbocycles. The number of carbonyl (C=O) groups excluding carboxylic acids is 2. The van der Waals surface area contributed by atoms with Crippen LogP contribution in [0, 0.1) is 0 Å². The number of likely N-dealkylation sites (tertiary alicyclic amines) is 1. The Hall–Kier alpha value is -3.03. The molecule has 1 aliphatic rings. The number of nitrogens with zero attached hydrogens (tertiary/aromatic N) is 4. The highest BCUT2D eigenvalue weighted by Gasteiger charge is 2.28. The van der Waals surface area contributed by atoms with Gasteiger partial charge in [0.25, 0.3) is 5.91 Å². The topological polar surface area (TPSA) is 79.7 Å². The Bertz CT molecular complexity index is 908. The van der Waals surface area contributed by atoms with Crippen LogP contribution in [0.15, 0.2) is 36.7 Å². The molecule has 1 N–H and O–H groups in total. The third kappa shape index (κ3) is 5.77. The van der Waals surface area contributed by atoms with Crippen LogP contribution < -0.4 is 10.2 Å². The van der Waals surface area contributed by atoms with Gasteiger partial charge in [-0.15, -0.1) is 0 Å². The summed E-state index contributed by atoms with van der Waals surface area (Å²) in [6.45, 7) is 7.24. The maximum atomic E-state index is 12.9. The second-order valence-corrected chi connectivity index (χ2v) is 9.06. The largest absolute Gasteiger partial charge is 0.444 e. The van der Waals surface area contributed by atoms with Crippen LogP contribution in [0.5, 0.6) is 0 Å². The van der Waals surface area contributed by atoms with Gasteiger partial charge in [0.2, 0.25) is 0 Å². The van der Waals surface area contributed by atoms with Crippen molar-refractivity contribution in [3.05, 3.63) is 47.9 Å². The van der Waals surface area contributed by atoms with Crippen LogP contribution in [-0.2, 0) is 11.3 Å². The Morgan fingerprint density at radius 3 is 2.55 bits per heavy atom. The van der Waals surface area contributed by atoms with Crippen LogP contribution in [0.3, 0.4) is 0 Å². The summed E-state index contributed by atoms with van der Waals surface area (Å²) in [6, 6.07) is 7.74. The van der Waals surface area contributed by atoms with E-state index >= 15 is 0 Å². The van der Waals surface area contributed by atoms with E-state index in [1.54, 1.807) is 11.1 Å². The molecule has 0 unspecified atom stereocenters. The standard InChI is InChI=1S/C23H33N5O3/c1-23(2,3)31-22(30)27-14-10-18(11-15-27)28-13-7-9-19(28)21(29)25-16-17-8-6-12-24-20(17)26(4)5/h6-9,12-13,18H,10-11,14-16H2,1-5H3,(H,25,29). The van der Waals surface area contributed by atoms with Gasteiger partial charge in [0.1, 0.15) is 17.1 Å². The van der Waals surface area contributed by atoms with E-state index in [0.29, 0.717) is 25.3 Å². The van der Waals surface area contributed by atoms with E-state index in [-0.39, 0.29) is 18.0 Å². The lowest BCUT2D eigenvalue weighted by atomic mass is 10.0. The number of carbonyl (C=O) groups is 2. The number of pyridine rings is 1. The summed E-state index contributed by atoms with van der Waals surface area (Å²) in [4.78, 5) is 33.3. The first-order valence-electron chi connectivity index (χ1n) is 10.7. The van der Waals surface area contributed by atoms with Gasteiger partial charge in [-0.1, -0.05) is 6.07 Å². The average Bonchev–Trinajstić information content (AvgIpc) is 3.21. The van der Waals surface area contributed by atoms with Crippen molar-refractivity contribution in [2.24, 2.45) is 0 Å². The Labute approximate surface area is 184 Å². The van der Waals surface area contributed by atoms with Crippen molar-refractivity contribution in [1.29, 1.82) is 0 Å². The number of aromatic nitrogens is 2. The van der Waals surface area contributed by atoms with E-state index in [0.717, 1.165) is 24.2 Å². The number of hydrogen-bond donors (Lipinski definition) is 1. The highest BCUT2D eigenvalue weighted by atomic mass is 16.6. The normalized spacial score (nSPS) is 14.9. The van der Waals surface area contributed by atoms with Crippen LogP contribution in [0.4, 0.5) is 10.6 Å². The number of amides is 2. The molecule has 0 bridgehead atoms. The minimum atomic E-state index is -0.500. The van der Waals surface area contributed by atoms with Gasteiger partial charge in [0.05, 0.1) is 0 Å². The molecule has 0 aromatic carbocycles. The van der Waals surface area contributed by atoms with Gasteiger partial charge in [0.15, 0.2) is 0 Å². The van der Waals surface area contributed by atoms with Crippen LogP contribution in [0.25, 0.3) is 0 Å². The molecule has 0 saturated carbocycles. The summed E-state index contributed by atoms with van der Waals surface area (Å²) in [6.07, 6.45) is 4.97. The molecule has 0 spiro atoms. The highest BCUT2D eigenvalue weighted by molar-refractivity contribution is 5.92. The lowest BCUT2D eigenvalue weighted by molar-refractivity contribution is 0.0187. The quantitative estimate of drug-likeness (QED) is 0.791. The van der Waals surface area contributed by atoms with E-state index in [2.05, 4.69) is 10.3 Å². The number of rotatable bonds is 5. The first-order chi connectivity index (χ1) is 14.7. The van der Waals surface area contributed by atoms with Crippen LogP contribution in [0.1, 0.15) is 55.7 Å². The highest BCUT2D eigenvalue weighted by Crippen LogP contribution is 2.26. The van der Waals surface area contributed by atoms with Crippen molar-refractivity contribution >= 4 is 17.8 Å². The molecule has 31 heavy (non-hydrogen) atoms. The molecule has 3 heterocycles. The zero-order valence-corrected chi connectivity index (χ0v) is 19.1. The number of nitrogens with one attached hydrogen (secondary N) is 1. The maximum Gasteiger partial charge on any atom is 0.410 e. The minimum absolute atomic E-state index is 0.117. The summed E-state index contributed by atoms with van der Waals surface area (Å²) in [7, 11) is 3.87. The average molecular weight is 428 g/mol. The lowest BCUT2D eigenvalue weighted by Gasteiger charge is -2.34. The van der Waals surface area contributed by atoms with Gasteiger partial charge in [-0.25, -0.2) is 9.78 Å². The number of hydrogen-bond acceptors (Lipinski definition) is 5. The van der Waals surface area contributed by atoms with Crippen LogP contribution in [-0.4, -0.2) is 59.2 Å². The van der Waals surface area contributed by atoms with Gasteiger partial charge in [-0.05, 0) is 51.8 Å². The van der Waals surface area contributed by atoms with Gasteiger partial charge >= 0.3 is 6.09 Å². The molecule has 0 atom stereocenters. The second-order valence-electron chi connectivity index (χ2n) is 9.06. The second kappa shape index (κ2) is 9.41. The summed E-state index contributed by atoms with van der Waals surface area (Å²) < 4.78 is 7.50. The van der Waals surface area contributed by atoms with E-state index in [1.807, 2.05) is 74.8 Å². The molecule has 2 amide bonds. The fourth-order valence-corrected chi connectivity index (χ4v) is 3.79. The molecule has 2 aromatic heterocycles. The van der Waals surface area contributed by atoms with Crippen molar-refractivity contribution in [1.82, 2.24) is 19.8 Å². The molecule has 0 radical (unpaired) electrons. The van der Waals surface area contributed by atoms with E-state index in [1.165, 1.54) is 0 Å². The lowest BCUT2D eigenvalue weighted by Crippen LogP contribution is -2.42. The molecule has 2 aromatic rings. The number of ether oxygens (including phenoxy) is 1. The predicted octanol–water partition coefficient (Wildman–Crippen LogP) is 3.45. The van der Waals surface area contributed by atoms with Crippen molar-refractivity contribution in [3.8, 4) is 0 Å². The molecule has 8 nitrogen and oxygen atoms in total. The predicted molar refractivity (Wildman–Crippen MR) is 120 cm³/mol. The van der Waals surface area contributed by atoms with Crippen molar-refractivity contribution in [2.45, 2.75) is 51.8 Å². The smallest absolute Gasteiger partial charge is 0.410 e. The van der Waals surface area contributed by atoms with Gasteiger partial charge in [-0.3, -0.25) is 4.79 Å². The van der Waals surface area contributed by atoms with Crippen molar-refractivity contribution in [3.63, 3.8) is 0 Å². The first-order valence-corrected chi connectivity index (χ1v) is 10.7. The Morgan fingerprint density at radius 2 is 1.90 bits per heavy atom.